The Labute approximate surface area is 190 Å². The van der Waals surface area contributed by atoms with Crippen LogP contribution in [0.15, 0.2) is 12.2 Å². The van der Waals surface area contributed by atoms with Crippen LogP contribution in [0.25, 0.3) is 0 Å². The molecule has 3 N–H and O–H groups in total. The summed E-state index contributed by atoms with van der Waals surface area (Å²) in [5.41, 5.74) is 5.09. The fourth-order valence-electron chi connectivity index (χ4n) is 2.39. The molecule has 23 heavy (non-hydrogen) atoms. The summed E-state index contributed by atoms with van der Waals surface area (Å²) in [5, 5.41) is 9.80. The van der Waals surface area contributed by atoms with E-state index in [0.29, 0.717) is 6.42 Å². The molecular formula is C18H37NNa2O2. The van der Waals surface area contributed by atoms with E-state index in [1.165, 1.54) is 38.5 Å². The van der Waals surface area contributed by atoms with Crippen molar-refractivity contribution in [2.45, 2.75) is 96.5 Å². The molecule has 3 nitrogen and oxygen atoms in total. The Bertz CT molecular complexity index is 284. The Morgan fingerprint density at radius 2 is 1.61 bits per heavy atom. The molecule has 0 aromatic rings. The first-order valence-electron chi connectivity index (χ1n) is 8.78. The molecule has 0 heterocycles. The number of allylic oxidation sites excluding steroid dienone is 1. The van der Waals surface area contributed by atoms with Crippen molar-refractivity contribution in [1.29, 1.82) is 0 Å². The number of carbonyl (C=O) groups is 1. The molecule has 0 aliphatic rings. The zero-order chi connectivity index (χ0) is 15.8. The van der Waals surface area contributed by atoms with E-state index in [1.54, 1.807) is 0 Å². The summed E-state index contributed by atoms with van der Waals surface area (Å²) in [6.45, 7) is 2.21. The van der Waals surface area contributed by atoms with Gasteiger partial charge in [0.2, 0.25) is 5.91 Å². The fourth-order valence-corrected chi connectivity index (χ4v) is 2.39. The molecule has 0 aliphatic heterocycles. The van der Waals surface area contributed by atoms with Gasteiger partial charge in [0, 0.05) is 6.42 Å². The molecule has 0 aliphatic carbocycles. The van der Waals surface area contributed by atoms with Crippen molar-refractivity contribution in [3.8, 4) is 0 Å². The summed E-state index contributed by atoms with van der Waals surface area (Å²) in [6.07, 6.45) is 18.0. The molecule has 0 saturated carbocycles. The maximum atomic E-state index is 10.6. The second-order valence-electron chi connectivity index (χ2n) is 5.98. The van der Waals surface area contributed by atoms with Crippen molar-refractivity contribution >= 4 is 5.91 Å². The number of hydrogen-bond donors (Lipinski definition) is 2. The van der Waals surface area contributed by atoms with Crippen molar-refractivity contribution in [2.24, 2.45) is 5.73 Å². The van der Waals surface area contributed by atoms with Crippen LogP contribution in [-0.2, 0) is 4.79 Å². The van der Waals surface area contributed by atoms with Gasteiger partial charge in [0.05, 0.1) is 6.10 Å². The first-order valence-corrected chi connectivity index (χ1v) is 8.78. The van der Waals surface area contributed by atoms with Gasteiger partial charge < -0.3 is 13.7 Å². The van der Waals surface area contributed by atoms with Crippen molar-refractivity contribution < 1.29 is 71.9 Å². The number of aliphatic hydroxyl groups excluding tert-OH is 1. The van der Waals surface area contributed by atoms with E-state index < -0.39 is 0 Å². The van der Waals surface area contributed by atoms with Crippen LogP contribution in [0.5, 0.6) is 0 Å². The Balaban J connectivity index is -0.000000333. The molecule has 5 heteroatoms. The minimum atomic E-state index is -0.189. The number of amides is 1. The number of unbranched alkanes of at least 4 members (excludes halogenated alkanes) is 8. The number of carbonyl (C=O) groups excluding carboxylic acids is 1. The monoisotopic (exact) mass is 345 g/mol. The average Bonchev–Trinajstić information content (AvgIpc) is 2.45. The maximum Gasteiger partial charge on any atom is 1.00 e. The van der Waals surface area contributed by atoms with Crippen LogP contribution in [0.4, 0.5) is 0 Å². The molecule has 0 spiro atoms. The van der Waals surface area contributed by atoms with E-state index in [-0.39, 0.29) is 74.0 Å². The first-order chi connectivity index (χ1) is 10.2. The summed E-state index contributed by atoms with van der Waals surface area (Å²) in [5.74, 6) is -0.189. The van der Waals surface area contributed by atoms with Crippen LogP contribution in [-0.4, -0.2) is 17.1 Å². The molecule has 0 rings (SSSR count). The van der Waals surface area contributed by atoms with Crippen LogP contribution < -0.4 is 64.8 Å². The van der Waals surface area contributed by atoms with Crippen LogP contribution in [0, 0.1) is 0 Å². The smallest absolute Gasteiger partial charge is 1.00 e. The summed E-state index contributed by atoms with van der Waals surface area (Å²) in [6, 6.07) is 0. The topological polar surface area (TPSA) is 63.3 Å². The number of aliphatic hydroxyl groups is 1. The van der Waals surface area contributed by atoms with Gasteiger partial charge in [-0.25, -0.2) is 0 Å². The van der Waals surface area contributed by atoms with Gasteiger partial charge in [-0.05, 0) is 32.1 Å². The quantitative estimate of drug-likeness (QED) is 0.220. The van der Waals surface area contributed by atoms with E-state index in [2.05, 4.69) is 19.1 Å². The molecule has 0 aromatic carbocycles. The molecule has 0 aromatic heterocycles. The first kappa shape index (κ1) is 29.0. The van der Waals surface area contributed by atoms with Gasteiger partial charge in [-0.15, -0.1) is 0 Å². The van der Waals surface area contributed by atoms with Crippen molar-refractivity contribution in [3.63, 3.8) is 0 Å². The molecule has 1 amide bonds. The average molecular weight is 345 g/mol. The van der Waals surface area contributed by atoms with Gasteiger partial charge in [0.25, 0.3) is 0 Å². The van der Waals surface area contributed by atoms with E-state index in [0.717, 1.165) is 38.5 Å². The molecule has 0 radical (unpaired) electrons. The van der Waals surface area contributed by atoms with Crippen LogP contribution in [0.2, 0.25) is 0 Å². The predicted molar refractivity (Wildman–Crippen MR) is 92.3 cm³/mol. The number of rotatable bonds is 15. The van der Waals surface area contributed by atoms with E-state index in [1.807, 2.05) is 0 Å². The fraction of sp³-hybridized carbons (Fsp3) is 0.833. The second-order valence-corrected chi connectivity index (χ2v) is 5.98. The summed E-state index contributed by atoms with van der Waals surface area (Å²) >= 11 is 0. The summed E-state index contributed by atoms with van der Waals surface area (Å²) in [4.78, 5) is 10.6. The molecular weight excluding hydrogens is 308 g/mol. The van der Waals surface area contributed by atoms with E-state index in [9.17, 15) is 9.90 Å². The van der Waals surface area contributed by atoms with Crippen molar-refractivity contribution in [3.05, 3.63) is 12.2 Å². The molecule has 0 unspecified atom stereocenters. The minimum Gasteiger partial charge on any atom is -1.00 e. The third kappa shape index (κ3) is 25.5. The van der Waals surface area contributed by atoms with Crippen LogP contribution in [0.3, 0.4) is 0 Å². The number of primary amides is 1. The van der Waals surface area contributed by atoms with Gasteiger partial charge in [-0.3, -0.25) is 4.79 Å². The Morgan fingerprint density at radius 1 is 1.00 bits per heavy atom. The number of hydrogen-bond acceptors (Lipinski definition) is 2. The zero-order valence-corrected chi connectivity index (χ0v) is 19.9. The third-order valence-electron chi connectivity index (χ3n) is 3.76. The molecule has 0 fully saturated rings. The van der Waals surface area contributed by atoms with Gasteiger partial charge in [-0.2, -0.15) is 0 Å². The van der Waals surface area contributed by atoms with Gasteiger partial charge in [0.15, 0.2) is 0 Å². The SMILES string of the molecule is CCCCCC[C@@H](O)C/C=C\CCCCCCCC(N)=O.[H-].[H-].[Na+].[Na+]. The largest absolute Gasteiger partial charge is 1.00 e. The van der Waals surface area contributed by atoms with Gasteiger partial charge >= 0.3 is 59.1 Å². The summed E-state index contributed by atoms with van der Waals surface area (Å²) in [7, 11) is 0. The maximum absolute atomic E-state index is 10.6. The Kier molecular flexibility index (Phi) is 29.2. The zero-order valence-electron chi connectivity index (χ0n) is 17.9. The second kappa shape index (κ2) is 23.2. The standard InChI is InChI=1S/C18H35NO2.2Na.2H/c1-2-3-4-11-14-17(20)15-12-9-7-5-6-8-10-13-16-18(19)21;;;;/h9,12,17,20H,2-8,10-11,13-16H2,1H3,(H2,19,21);;;;/q;2*+1;2*-1/b12-9-;;;;/t17-;;;;/m1..../s1. The van der Waals surface area contributed by atoms with Crippen molar-refractivity contribution in [1.82, 2.24) is 0 Å². The predicted octanol–water partition coefficient (Wildman–Crippen LogP) is -1.29. The van der Waals surface area contributed by atoms with Crippen LogP contribution >= 0.6 is 0 Å². The number of nitrogens with two attached hydrogens (primary N) is 1. The normalized spacial score (nSPS) is 11.7. The molecule has 0 bridgehead atoms. The van der Waals surface area contributed by atoms with Gasteiger partial charge in [-0.1, -0.05) is 64.0 Å². The van der Waals surface area contributed by atoms with E-state index in [4.69, 9.17) is 5.73 Å². The third-order valence-corrected chi connectivity index (χ3v) is 3.76. The minimum absolute atomic E-state index is 0. The summed E-state index contributed by atoms with van der Waals surface area (Å²) < 4.78 is 0. The van der Waals surface area contributed by atoms with Crippen LogP contribution in [0.1, 0.15) is 93.2 Å². The molecule has 1 atom stereocenters. The molecule has 128 valence electrons. The molecule has 0 saturated heterocycles. The van der Waals surface area contributed by atoms with E-state index >= 15 is 0 Å². The Hall–Kier alpha value is 1.17. The van der Waals surface area contributed by atoms with Crippen molar-refractivity contribution in [2.75, 3.05) is 0 Å². The Morgan fingerprint density at radius 3 is 2.26 bits per heavy atom. The van der Waals surface area contributed by atoms with Gasteiger partial charge in [0.1, 0.15) is 0 Å².